The smallest absolute Gasteiger partial charge is 0.342 e. The number of benzene rings is 1. The van der Waals surface area contributed by atoms with Crippen LogP contribution in [-0.4, -0.2) is 60.9 Å². The zero-order chi connectivity index (χ0) is 34.1. The predicted octanol–water partition coefficient (Wildman–Crippen LogP) is 4.74. The van der Waals surface area contributed by atoms with Crippen LogP contribution >= 0.6 is 0 Å². The lowest BCUT2D eigenvalue weighted by Crippen LogP contribution is -2.39. The normalized spacial score (nSPS) is 25.4. The number of ketones is 2. The molecule has 3 aliphatic rings. The summed E-state index contributed by atoms with van der Waals surface area (Å²) >= 11 is 0. The minimum atomic E-state index is -1.22. The third kappa shape index (κ3) is 7.21. The van der Waals surface area contributed by atoms with E-state index in [9.17, 15) is 28.8 Å². The van der Waals surface area contributed by atoms with Crippen LogP contribution in [0.25, 0.3) is 0 Å². The fraction of sp³-hybridized carbons (Fsp3) is 0.500. The summed E-state index contributed by atoms with van der Waals surface area (Å²) in [5.41, 5.74) is -3.33. The lowest BCUT2D eigenvalue weighted by atomic mass is 9.72. The van der Waals surface area contributed by atoms with Gasteiger partial charge in [-0.3, -0.25) is 19.2 Å². The first-order valence-electron chi connectivity index (χ1n) is 15.3. The van der Waals surface area contributed by atoms with Crippen LogP contribution < -0.4 is 0 Å². The van der Waals surface area contributed by atoms with Crippen LogP contribution in [-0.2, 0) is 54.1 Å². The molecule has 1 saturated carbocycles. The van der Waals surface area contributed by atoms with E-state index < -0.39 is 63.4 Å². The number of fused-ring (bicyclic) bond motifs is 2. The Morgan fingerprint density at radius 3 is 2.11 bits per heavy atom. The van der Waals surface area contributed by atoms with Gasteiger partial charge in [0.25, 0.3) is 0 Å². The molecule has 46 heavy (non-hydrogen) atoms. The van der Waals surface area contributed by atoms with E-state index in [4.69, 9.17) is 18.9 Å². The maximum atomic E-state index is 13.5. The van der Waals surface area contributed by atoms with Gasteiger partial charge in [-0.1, -0.05) is 42.0 Å². The Morgan fingerprint density at radius 1 is 0.870 bits per heavy atom. The van der Waals surface area contributed by atoms with Gasteiger partial charge in [0, 0.05) is 18.8 Å². The summed E-state index contributed by atoms with van der Waals surface area (Å²) in [4.78, 5) is 78.7. The highest BCUT2D eigenvalue weighted by Crippen LogP contribution is 2.52. The highest BCUT2D eigenvalue weighted by molar-refractivity contribution is 6.21. The zero-order valence-electron chi connectivity index (χ0n) is 27.5. The summed E-state index contributed by atoms with van der Waals surface area (Å²) in [5.74, 6) is -4.39. The molecule has 0 spiro atoms. The lowest BCUT2D eigenvalue weighted by molar-refractivity contribution is -0.155. The molecule has 1 aromatic rings. The molecule has 0 heterocycles. The number of carbonyl (C=O) groups is 6. The molecule has 4 rings (SSSR count). The Balaban J connectivity index is 1.56. The van der Waals surface area contributed by atoms with Gasteiger partial charge in [0.15, 0.2) is 11.6 Å². The number of rotatable bonds is 9. The van der Waals surface area contributed by atoms with Gasteiger partial charge in [-0.05, 0) is 78.0 Å². The third-order valence-electron chi connectivity index (χ3n) is 8.67. The van der Waals surface area contributed by atoms with E-state index >= 15 is 0 Å². The average molecular weight is 635 g/mol. The van der Waals surface area contributed by atoms with E-state index in [2.05, 4.69) is 0 Å². The first kappa shape index (κ1) is 34.5. The van der Waals surface area contributed by atoms with Crippen molar-refractivity contribution in [2.24, 2.45) is 16.7 Å². The summed E-state index contributed by atoms with van der Waals surface area (Å²) in [6.45, 7) is 8.39. The van der Waals surface area contributed by atoms with Gasteiger partial charge >= 0.3 is 23.9 Å². The number of allylic oxidation sites excluding steroid dienone is 1. The van der Waals surface area contributed by atoms with E-state index in [-0.39, 0.29) is 49.7 Å². The highest BCUT2D eigenvalue weighted by atomic mass is 16.6. The third-order valence-corrected chi connectivity index (χ3v) is 8.67. The van der Waals surface area contributed by atoms with Crippen molar-refractivity contribution in [1.82, 2.24) is 0 Å². The van der Waals surface area contributed by atoms with Gasteiger partial charge in [-0.2, -0.15) is 0 Å². The summed E-state index contributed by atoms with van der Waals surface area (Å²) in [7, 11) is 2.52. The Bertz CT molecular complexity index is 1540. The standard InChI is InChI=1S/C36H42O10/c1-33(2,3)45-30(40)26-21-36(32(42)44-7)18-23(24(19-36)28(26)38)13-15-34(4,5)46-29(39)25-20-35(31(41)43-6,16-14-27(25)37)17-22-11-9-8-10-12-22/h8-13,20-21,24H,14-19H2,1-7H3/b23-13-. The molecule has 3 atom stereocenters. The van der Waals surface area contributed by atoms with Crippen molar-refractivity contribution in [3.63, 3.8) is 0 Å². The van der Waals surface area contributed by atoms with Crippen molar-refractivity contribution >= 4 is 35.4 Å². The molecular weight excluding hydrogens is 592 g/mol. The van der Waals surface area contributed by atoms with Crippen molar-refractivity contribution in [1.29, 1.82) is 0 Å². The summed E-state index contributed by atoms with van der Waals surface area (Å²) < 4.78 is 21.4. The molecule has 3 unspecified atom stereocenters. The van der Waals surface area contributed by atoms with E-state index in [1.54, 1.807) is 40.7 Å². The fourth-order valence-electron chi connectivity index (χ4n) is 6.42. The minimum absolute atomic E-state index is 0.0280. The Labute approximate surface area is 269 Å². The number of carbonyl (C=O) groups excluding carboxylic acids is 6. The summed E-state index contributed by atoms with van der Waals surface area (Å²) in [6.07, 6.45) is 5.36. The maximum Gasteiger partial charge on any atom is 0.342 e. The second kappa shape index (κ2) is 12.8. The molecule has 1 aromatic carbocycles. The average Bonchev–Trinajstić information content (AvgIpc) is 3.32. The van der Waals surface area contributed by atoms with Crippen molar-refractivity contribution < 1.29 is 47.7 Å². The molecule has 0 saturated heterocycles. The second-order valence-corrected chi connectivity index (χ2v) is 13.9. The number of hydrogen-bond donors (Lipinski definition) is 0. The Morgan fingerprint density at radius 2 is 1.50 bits per heavy atom. The number of ether oxygens (including phenoxy) is 4. The molecule has 1 fully saturated rings. The van der Waals surface area contributed by atoms with Crippen LogP contribution in [0.15, 0.2) is 65.3 Å². The van der Waals surface area contributed by atoms with Gasteiger partial charge in [-0.25, -0.2) is 9.59 Å². The van der Waals surface area contributed by atoms with Crippen LogP contribution in [0.1, 0.15) is 72.3 Å². The summed E-state index contributed by atoms with van der Waals surface area (Å²) in [6, 6.07) is 9.27. The van der Waals surface area contributed by atoms with Crippen molar-refractivity contribution in [2.45, 2.75) is 84.3 Å². The number of Topliss-reactive ketones (excluding diaryl/α,β-unsaturated/α-hetero) is 2. The maximum absolute atomic E-state index is 13.5. The first-order chi connectivity index (χ1) is 21.4. The van der Waals surface area contributed by atoms with Gasteiger partial charge in [-0.15, -0.1) is 0 Å². The SMILES string of the molecule is COC(=O)C1(Cc2ccccc2)C=C(C(=O)OC(C)(C)C/C=C2/CC3(C(=O)OC)C=C(C(=O)OC(C)(C)C)C(=O)C2C3)C(=O)CC1. The Kier molecular flexibility index (Phi) is 9.62. The first-order valence-corrected chi connectivity index (χ1v) is 15.3. The monoisotopic (exact) mass is 634 g/mol. The van der Waals surface area contributed by atoms with Gasteiger partial charge in [0.05, 0.1) is 30.6 Å². The minimum Gasteiger partial charge on any atom is -0.468 e. The lowest BCUT2D eigenvalue weighted by Gasteiger charge is -2.32. The topological polar surface area (TPSA) is 139 Å². The van der Waals surface area contributed by atoms with Crippen LogP contribution in [0.5, 0.6) is 0 Å². The van der Waals surface area contributed by atoms with Gasteiger partial charge < -0.3 is 18.9 Å². The Hall–Kier alpha value is -4.34. The molecule has 0 radical (unpaired) electrons. The van der Waals surface area contributed by atoms with Crippen LogP contribution in [0.4, 0.5) is 0 Å². The number of methoxy groups -OCH3 is 2. The van der Waals surface area contributed by atoms with E-state index in [0.29, 0.717) is 5.57 Å². The predicted molar refractivity (Wildman–Crippen MR) is 166 cm³/mol. The van der Waals surface area contributed by atoms with Gasteiger partial charge in [0.1, 0.15) is 16.8 Å². The molecule has 0 amide bonds. The van der Waals surface area contributed by atoms with Crippen molar-refractivity contribution in [2.75, 3.05) is 14.2 Å². The van der Waals surface area contributed by atoms with E-state index in [0.717, 1.165) is 5.56 Å². The molecular formula is C36H42O10. The molecule has 246 valence electrons. The zero-order valence-corrected chi connectivity index (χ0v) is 27.5. The molecule has 0 aromatic heterocycles. The molecule has 0 N–H and O–H groups in total. The largest absolute Gasteiger partial charge is 0.468 e. The van der Waals surface area contributed by atoms with Crippen LogP contribution in [0.3, 0.4) is 0 Å². The van der Waals surface area contributed by atoms with E-state index in [1.165, 1.54) is 26.4 Å². The molecule has 0 aliphatic heterocycles. The number of esters is 4. The van der Waals surface area contributed by atoms with Crippen LogP contribution in [0.2, 0.25) is 0 Å². The van der Waals surface area contributed by atoms with Crippen molar-refractivity contribution in [3.8, 4) is 0 Å². The fourth-order valence-corrected chi connectivity index (χ4v) is 6.42. The molecule has 3 aliphatic carbocycles. The highest BCUT2D eigenvalue weighted by Gasteiger charge is 2.55. The van der Waals surface area contributed by atoms with Crippen LogP contribution in [0, 0.1) is 16.7 Å². The second-order valence-electron chi connectivity index (χ2n) is 13.9. The number of hydrogen-bond acceptors (Lipinski definition) is 10. The molecule has 10 nitrogen and oxygen atoms in total. The van der Waals surface area contributed by atoms with Crippen molar-refractivity contribution in [3.05, 3.63) is 70.8 Å². The summed E-state index contributed by atoms with van der Waals surface area (Å²) in [5, 5.41) is 0. The van der Waals surface area contributed by atoms with E-state index in [1.807, 2.05) is 30.3 Å². The van der Waals surface area contributed by atoms with Gasteiger partial charge in [0.2, 0.25) is 0 Å². The quantitative estimate of drug-likeness (QED) is 0.162. The molecule has 10 heteroatoms. The molecule has 2 bridgehead atoms.